The number of esters is 1. The standard InChI is InChI=1S/C26H37F3N2O4/c1-5-35-23(34)15-31(26(27,28)29)22(33)14-16-6-8-18-17-7-9-20-25(3,13-11-21(32)30(20)4)19(17)10-12-24(16,18)2/h11,13,16-20H,5-10,12,14-15H2,1-4H3/t16-,17+,18+,19+,20-,24-,25-/m1/s1. The van der Waals surface area contributed by atoms with Crippen LogP contribution in [0.2, 0.25) is 0 Å². The fourth-order valence-corrected chi connectivity index (χ4v) is 8.16. The second-order valence-electron chi connectivity index (χ2n) is 11.4. The molecule has 0 aromatic rings. The Bertz CT molecular complexity index is 906. The fourth-order valence-electron chi connectivity index (χ4n) is 8.16. The molecule has 0 unspecified atom stereocenters. The van der Waals surface area contributed by atoms with Gasteiger partial charge in [0.1, 0.15) is 6.54 Å². The third kappa shape index (κ3) is 4.37. The number of amides is 2. The van der Waals surface area contributed by atoms with Gasteiger partial charge in [0, 0.05) is 24.9 Å². The zero-order valence-electron chi connectivity index (χ0n) is 21.1. The third-order valence-electron chi connectivity index (χ3n) is 9.94. The van der Waals surface area contributed by atoms with Gasteiger partial charge < -0.3 is 9.64 Å². The van der Waals surface area contributed by atoms with Crippen molar-refractivity contribution in [2.45, 2.75) is 78.1 Å². The molecule has 3 saturated carbocycles. The summed E-state index contributed by atoms with van der Waals surface area (Å²) in [5.74, 6) is -1.02. The first-order chi connectivity index (χ1) is 16.3. The number of halogens is 3. The molecule has 35 heavy (non-hydrogen) atoms. The minimum absolute atomic E-state index is 0.0391. The van der Waals surface area contributed by atoms with Crippen molar-refractivity contribution in [3.63, 3.8) is 0 Å². The van der Waals surface area contributed by atoms with Crippen LogP contribution in [-0.2, 0) is 19.1 Å². The molecule has 0 saturated heterocycles. The molecule has 196 valence electrons. The van der Waals surface area contributed by atoms with E-state index in [-0.39, 0.29) is 46.6 Å². The second-order valence-corrected chi connectivity index (χ2v) is 11.4. The molecule has 3 fully saturated rings. The minimum Gasteiger partial charge on any atom is -0.465 e. The predicted molar refractivity (Wildman–Crippen MR) is 123 cm³/mol. The summed E-state index contributed by atoms with van der Waals surface area (Å²) in [5.41, 5.74) is -0.311. The summed E-state index contributed by atoms with van der Waals surface area (Å²) >= 11 is 0. The highest BCUT2D eigenvalue weighted by Crippen LogP contribution is 2.66. The predicted octanol–water partition coefficient (Wildman–Crippen LogP) is 4.54. The van der Waals surface area contributed by atoms with E-state index in [4.69, 9.17) is 0 Å². The number of carbonyl (C=O) groups is 3. The lowest BCUT2D eigenvalue weighted by molar-refractivity contribution is -0.243. The van der Waals surface area contributed by atoms with Crippen molar-refractivity contribution in [3.05, 3.63) is 12.2 Å². The summed E-state index contributed by atoms with van der Waals surface area (Å²) in [5, 5.41) is 0. The number of rotatable bonds is 5. The van der Waals surface area contributed by atoms with Gasteiger partial charge in [0.25, 0.3) is 0 Å². The average molecular weight is 499 g/mol. The topological polar surface area (TPSA) is 66.9 Å². The van der Waals surface area contributed by atoms with Gasteiger partial charge >= 0.3 is 12.3 Å². The Morgan fingerprint density at radius 1 is 1.14 bits per heavy atom. The lowest BCUT2D eigenvalue weighted by Gasteiger charge is -2.60. The molecule has 0 spiro atoms. The summed E-state index contributed by atoms with van der Waals surface area (Å²) in [6.07, 6.45) is 3.99. The highest BCUT2D eigenvalue weighted by Gasteiger charge is 2.60. The number of fused-ring (bicyclic) bond motifs is 5. The maximum atomic E-state index is 13.6. The Labute approximate surface area is 205 Å². The van der Waals surface area contributed by atoms with E-state index in [2.05, 4.69) is 24.7 Å². The smallest absolute Gasteiger partial charge is 0.465 e. The largest absolute Gasteiger partial charge is 0.487 e. The summed E-state index contributed by atoms with van der Waals surface area (Å²) in [6.45, 7) is 4.78. The minimum atomic E-state index is -4.93. The lowest BCUT2D eigenvalue weighted by Crippen LogP contribution is -2.59. The van der Waals surface area contributed by atoms with Crippen molar-refractivity contribution >= 4 is 17.8 Å². The Hall–Kier alpha value is -2.06. The molecular formula is C26H37F3N2O4. The van der Waals surface area contributed by atoms with Crippen molar-refractivity contribution in [2.24, 2.45) is 34.5 Å². The second kappa shape index (κ2) is 9.11. The van der Waals surface area contributed by atoms with Crippen LogP contribution in [0.4, 0.5) is 13.2 Å². The van der Waals surface area contributed by atoms with Crippen LogP contribution < -0.4 is 0 Å². The quantitative estimate of drug-likeness (QED) is 0.412. The molecule has 0 radical (unpaired) electrons. The molecule has 1 heterocycles. The molecule has 2 amide bonds. The zero-order valence-corrected chi connectivity index (χ0v) is 21.1. The molecule has 9 heteroatoms. The van der Waals surface area contributed by atoms with Crippen molar-refractivity contribution in [3.8, 4) is 0 Å². The monoisotopic (exact) mass is 498 g/mol. The molecule has 4 aliphatic rings. The van der Waals surface area contributed by atoms with Crippen LogP contribution in [-0.4, -0.2) is 60.1 Å². The van der Waals surface area contributed by atoms with Crippen molar-refractivity contribution in [2.75, 3.05) is 20.2 Å². The van der Waals surface area contributed by atoms with E-state index >= 15 is 0 Å². The highest BCUT2D eigenvalue weighted by atomic mass is 19.4. The van der Waals surface area contributed by atoms with Crippen molar-refractivity contribution < 1.29 is 32.3 Å². The Morgan fingerprint density at radius 2 is 1.86 bits per heavy atom. The zero-order chi connectivity index (χ0) is 25.8. The van der Waals surface area contributed by atoms with E-state index in [0.29, 0.717) is 17.8 Å². The molecule has 0 aromatic carbocycles. The van der Waals surface area contributed by atoms with E-state index in [1.54, 1.807) is 6.08 Å². The number of hydrogen-bond donors (Lipinski definition) is 0. The van der Waals surface area contributed by atoms with Crippen LogP contribution in [0.5, 0.6) is 0 Å². The van der Waals surface area contributed by atoms with E-state index in [1.165, 1.54) is 6.92 Å². The van der Waals surface area contributed by atoms with Gasteiger partial charge in [-0.1, -0.05) is 19.9 Å². The Morgan fingerprint density at radius 3 is 2.51 bits per heavy atom. The van der Waals surface area contributed by atoms with E-state index in [1.807, 2.05) is 11.9 Å². The summed E-state index contributed by atoms with van der Waals surface area (Å²) in [4.78, 5) is 38.4. The molecule has 1 aliphatic heterocycles. The molecule has 0 bridgehead atoms. The van der Waals surface area contributed by atoms with Gasteiger partial charge in [0.15, 0.2) is 0 Å². The molecule has 3 aliphatic carbocycles. The van der Waals surface area contributed by atoms with Crippen molar-refractivity contribution in [1.82, 2.24) is 9.80 Å². The molecule has 0 aromatic heterocycles. The van der Waals surface area contributed by atoms with Gasteiger partial charge in [0.05, 0.1) is 6.61 Å². The van der Waals surface area contributed by atoms with E-state index < -0.39 is 24.7 Å². The maximum absolute atomic E-state index is 13.6. The van der Waals surface area contributed by atoms with Gasteiger partial charge in [-0.3, -0.25) is 14.4 Å². The number of hydrogen-bond acceptors (Lipinski definition) is 4. The van der Waals surface area contributed by atoms with Gasteiger partial charge in [-0.2, -0.15) is 0 Å². The van der Waals surface area contributed by atoms with E-state index in [9.17, 15) is 27.6 Å². The lowest BCUT2D eigenvalue weighted by atomic mass is 9.47. The Balaban J connectivity index is 1.50. The molecule has 4 rings (SSSR count). The first-order valence-corrected chi connectivity index (χ1v) is 12.8. The number of carbonyl (C=O) groups excluding carboxylic acids is 3. The van der Waals surface area contributed by atoms with Crippen LogP contribution in [0.25, 0.3) is 0 Å². The van der Waals surface area contributed by atoms with Crippen LogP contribution in [0.15, 0.2) is 12.2 Å². The van der Waals surface area contributed by atoms with Gasteiger partial charge in [-0.15, -0.1) is 13.2 Å². The normalized spacial score (nSPS) is 38.4. The maximum Gasteiger partial charge on any atom is 0.487 e. The SMILES string of the molecule is CCOC(=O)CN(C(=O)C[C@H]1CC[C@H]2[C@@H]3CC[C@H]4N(C)C(=O)C=C[C@]4(C)[C@H]3CC[C@]12C)C(F)(F)F. The summed E-state index contributed by atoms with van der Waals surface area (Å²) in [7, 11) is 1.88. The van der Waals surface area contributed by atoms with Crippen LogP contribution in [0.1, 0.15) is 65.7 Å². The summed E-state index contributed by atoms with van der Waals surface area (Å²) < 4.78 is 45.5. The first kappa shape index (κ1) is 26.0. The molecule has 6 nitrogen and oxygen atoms in total. The van der Waals surface area contributed by atoms with E-state index in [0.717, 1.165) is 38.5 Å². The molecule has 0 N–H and O–H groups in total. The number of nitrogens with zero attached hydrogens (tertiary/aromatic N) is 2. The van der Waals surface area contributed by atoms with Gasteiger partial charge in [-0.05, 0) is 80.6 Å². The van der Waals surface area contributed by atoms with Gasteiger partial charge in [0.2, 0.25) is 11.8 Å². The number of alkyl halides is 3. The molecular weight excluding hydrogens is 461 g/mol. The first-order valence-electron chi connectivity index (χ1n) is 12.8. The van der Waals surface area contributed by atoms with Crippen LogP contribution in [0.3, 0.4) is 0 Å². The number of likely N-dealkylation sites (N-methyl/N-ethyl adjacent to an activating group) is 1. The fraction of sp³-hybridized carbons (Fsp3) is 0.808. The Kier molecular flexibility index (Phi) is 6.77. The summed E-state index contributed by atoms with van der Waals surface area (Å²) in [6, 6.07) is 0.174. The highest BCUT2D eigenvalue weighted by molar-refractivity contribution is 5.89. The average Bonchev–Trinajstić information content (AvgIpc) is 3.10. The van der Waals surface area contributed by atoms with Crippen molar-refractivity contribution in [1.29, 1.82) is 0 Å². The third-order valence-corrected chi connectivity index (χ3v) is 9.94. The van der Waals surface area contributed by atoms with Crippen LogP contribution in [0, 0.1) is 34.5 Å². The van der Waals surface area contributed by atoms with Crippen LogP contribution >= 0.6 is 0 Å². The molecule has 7 atom stereocenters. The number of ether oxygens (including phenoxy) is 1. The van der Waals surface area contributed by atoms with Gasteiger partial charge in [-0.25, -0.2) is 4.90 Å².